The third kappa shape index (κ3) is 3.14. The van der Waals surface area contributed by atoms with E-state index >= 15 is 0 Å². The zero-order chi connectivity index (χ0) is 15.8. The minimum absolute atomic E-state index is 0.165. The Morgan fingerprint density at radius 3 is 2.24 bits per heavy atom. The number of anilines is 1. The van der Waals surface area contributed by atoms with Crippen molar-refractivity contribution in [2.75, 3.05) is 5.32 Å². The van der Waals surface area contributed by atoms with Crippen LogP contribution in [0.5, 0.6) is 0 Å². The van der Waals surface area contributed by atoms with Crippen LogP contribution in [0.3, 0.4) is 0 Å². The van der Waals surface area contributed by atoms with Gasteiger partial charge in [-0.3, -0.25) is 4.79 Å². The van der Waals surface area contributed by atoms with Gasteiger partial charge < -0.3 is 5.32 Å². The Kier molecular flexibility index (Phi) is 4.46. The smallest absolute Gasteiger partial charge is 0.224 e. The normalized spacial score (nSPS) is 23.5. The summed E-state index contributed by atoms with van der Waals surface area (Å²) in [4.78, 5) is 12.4. The van der Waals surface area contributed by atoms with Crippen LogP contribution < -0.4 is 5.32 Å². The molecule has 0 bridgehead atoms. The molecule has 116 valence electrons. The second-order valence-electron chi connectivity index (χ2n) is 7.39. The van der Waals surface area contributed by atoms with Crippen LogP contribution in [0.25, 0.3) is 0 Å². The second kappa shape index (κ2) is 5.82. The fourth-order valence-corrected chi connectivity index (χ4v) is 3.95. The van der Waals surface area contributed by atoms with Crippen LogP contribution in [0.2, 0.25) is 0 Å². The minimum atomic E-state index is 0.165. The van der Waals surface area contributed by atoms with E-state index in [0.29, 0.717) is 17.8 Å². The van der Waals surface area contributed by atoms with Gasteiger partial charge >= 0.3 is 0 Å². The maximum atomic E-state index is 12.4. The quantitative estimate of drug-likeness (QED) is 0.828. The Morgan fingerprint density at radius 2 is 1.76 bits per heavy atom. The molecule has 0 radical (unpaired) electrons. The molecular weight excluding hydrogens is 258 g/mol. The molecule has 2 heteroatoms. The van der Waals surface area contributed by atoms with Crippen molar-refractivity contribution in [1.82, 2.24) is 0 Å². The Labute approximate surface area is 129 Å². The Hall–Kier alpha value is -1.31. The maximum absolute atomic E-state index is 12.4. The Balaban J connectivity index is 2.01. The molecule has 2 rings (SSSR count). The summed E-state index contributed by atoms with van der Waals surface area (Å²) in [6, 6.07) is 4.26. The van der Waals surface area contributed by atoms with E-state index in [4.69, 9.17) is 0 Å². The van der Waals surface area contributed by atoms with E-state index in [1.54, 1.807) is 0 Å². The molecule has 1 aliphatic carbocycles. The van der Waals surface area contributed by atoms with Gasteiger partial charge in [0.1, 0.15) is 0 Å². The van der Waals surface area contributed by atoms with E-state index in [9.17, 15) is 4.79 Å². The van der Waals surface area contributed by atoms with Gasteiger partial charge in [-0.1, -0.05) is 44.9 Å². The predicted octanol–water partition coefficient (Wildman–Crippen LogP) is 5.01. The lowest BCUT2D eigenvalue weighted by atomic mass is 9.53. The molecule has 1 saturated carbocycles. The average Bonchev–Trinajstić information content (AvgIpc) is 2.38. The van der Waals surface area contributed by atoms with Gasteiger partial charge in [-0.2, -0.15) is 0 Å². The molecule has 1 aromatic carbocycles. The van der Waals surface area contributed by atoms with Crippen molar-refractivity contribution in [1.29, 1.82) is 0 Å². The van der Waals surface area contributed by atoms with Gasteiger partial charge in [0.15, 0.2) is 0 Å². The van der Waals surface area contributed by atoms with Crippen molar-refractivity contribution in [3.05, 3.63) is 28.8 Å². The number of rotatable bonds is 4. The molecule has 0 aromatic heterocycles. The van der Waals surface area contributed by atoms with Crippen LogP contribution in [-0.2, 0) is 4.79 Å². The molecule has 1 aliphatic rings. The van der Waals surface area contributed by atoms with E-state index in [2.05, 4.69) is 59.0 Å². The van der Waals surface area contributed by atoms with Crippen molar-refractivity contribution in [2.45, 2.75) is 60.8 Å². The molecule has 1 amide bonds. The van der Waals surface area contributed by atoms with E-state index in [1.165, 1.54) is 18.4 Å². The Bertz CT molecular complexity index is 521. The third-order valence-corrected chi connectivity index (χ3v) is 5.54. The summed E-state index contributed by atoms with van der Waals surface area (Å²) in [5.74, 6) is 1.46. The number of carbonyl (C=O) groups excluding carboxylic acids is 1. The number of carbonyl (C=O) groups is 1. The lowest BCUT2D eigenvalue weighted by molar-refractivity contribution is -0.122. The number of benzene rings is 1. The molecule has 2 nitrogen and oxygen atoms in total. The van der Waals surface area contributed by atoms with Gasteiger partial charge in [-0.25, -0.2) is 0 Å². The Morgan fingerprint density at radius 1 is 1.19 bits per heavy atom. The van der Waals surface area contributed by atoms with Gasteiger partial charge in [-0.05, 0) is 55.6 Å². The number of amides is 1. The number of aryl methyl sites for hydroxylation is 3. The molecule has 21 heavy (non-hydrogen) atoms. The summed E-state index contributed by atoms with van der Waals surface area (Å²) in [5, 5.41) is 3.14. The first-order chi connectivity index (χ1) is 9.75. The molecule has 1 N–H and O–H groups in total. The lowest BCUT2D eigenvalue weighted by Crippen LogP contribution is -2.45. The highest BCUT2D eigenvalue weighted by atomic mass is 16.1. The highest BCUT2D eigenvalue weighted by molar-refractivity contribution is 5.92. The fourth-order valence-electron chi connectivity index (χ4n) is 3.95. The van der Waals surface area contributed by atoms with Crippen LogP contribution in [0, 0.1) is 38.0 Å². The molecule has 0 aliphatic heterocycles. The zero-order valence-electron chi connectivity index (χ0n) is 14.3. The van der Waals surface area contributed by atoms with Crippen LogP contribution in [0.4, 0.5) is 5.69 Å². The van der Waals surface area contributed by atoms with Crippen molar-refractivity contribution in [2.24, 2.45) is 17.3 Å². The molecule has 1 fully saturated rings. The lowest BCUT2D eigenvalue weighted by Gasteiger charge is -2.52. The summed E-state index contributed by atoms with van der Waals surface area (Å²) < 4.78 is 0. The molecule has 0 saturated heterocycles. The van der Waals surface area contributed by atoms with Crippen LogP contribution in [0.15, 0.2) is 12.1 Å². The molecule has 0 spiro atoms. The molecule has 0 heterocycles. The van der Waals surface area contributed by atoms with E-state index in [1.807, 2.05) is 0 Å². The van der Waals surface area contributed by atoms with E-state index in [-0.39, 0.29) is 5.91 Å². The van der Waals surface area contributed by atoms with Gasteiger partial charge in [0.25, 0.3) is 0 Å². The largest absolute Gasteiger partial charge is 0.326 e. The van der Waals surface area contributed by atoms with Gasteiger partial charge in [-0.15, -0.1) is 0 Å². The minimum Gasteiger partial charge on any atom is -0.326 e. The van der Waals surface area contributed by atoms with Crippen molar-refractivity contribution in [3.8, 4) is 0 Å². The first-order valence-electron chi connectivity index (χ1n) is 8.13. The van der Waals surface area contributed by atoms with E-state index < -0.39 is 0 Å². The van der Waals surface area contributed by atoms with Crippen molar-refractivity contribution < 1.29 is 4.79 Å². The average molecular weight is 287 g/mol. The summed E-state index contributed by atoms with van der Waals surface area (Å²) in [6.45, 7) is 13.1. The van der Waals surface area contributed by atoms with E-state index in [0.717, 1.165) is 22.7 Å². The second-order valence-corrected chi connectivity index (χ2v) is 7.39. The van der Waals surface area contributed by atoms with Crippen LogP contribution in [-0.4, -0.2) is 5.91 Å². The first kappa shape index (κ1) is 16.1. The standard InChI is InChI=1S/C19H29NO/c1-7-15-10-16(19(15,5)6)11-17(21)20-18-13(3)8-12(2)9-14(18)4/h8-9,15-16H,7,10-11H2,1-6H3,(H,20,21). The SMILES string of the molecule is CCC1CC(CC(=O)Nc2c(C)cc(C)cc2C)C1(C)C. The molecular formula is C19H29NO. The maximum Gasteiger partial charge on any atom is 0.224 e. The summed E-state index contributed by atoms with van der Waals surface area (Å²) in [6.07, 6.45) is 3.07. The third-order valence-electron chi connectivity index (χ3n) is 5.54. The number of hydrogen-bond donors (Lipinski definition) is 1. The van der Waals surface area contributed by atoms with Crippen molar-refractivity contribution in [3.63, 3.8) is 0 Å². The van der Waals surface area contributed by atoms with Gasteiger partial charge in [0.05, 0.1) is 0 Å². The van der Waals surface area contributed by atoms with Gasteiger partial charge in [0, 0.05) is 12.1 Å². The van der Waals surface area contributed by atoms with Gasteiger partial charge in [0.2, 0.25) is 5.91 Å². The zero-order valence-corrected chi connectivity index (χ0v) is 14.3. The number of nitrogens with one attached hydrogen (secondary N) is 1. The van der Waals surface area contributed by atoms with Crippen LogP contribution >= 0.6 is 0 Å². The topological polar surface area (TPSA) is 29.1 Å². The molecule has 2 unspecified atom stereocenters. The summed E-state index contributed by atoms with van der Waals surface area (Å²) in [5.41, 5.74) is 4.85. The monoisotopic (exact) mass is 287 g/mol. The highest BCUT2D eigenvalue weighted by Gasteiger charge is 2.47. The summed E-state index contributed by atoms with van der Waals surface area (Å²) >= 11 is 0. The molecule has 2 atom stereocenters. The summed E-state index contributed by atoms with van der Waals surface area (Å²) in [7, 11) is 0. The van der Waals surface area contributed by atoms with Crippen LogP contribution in [0.1, 0.15) is 56.7 Å². The fraction of sp³-hybridized carbons (Fsp3) is 0.632. The first-order valence-corrected chi connectivity index (χ1v) is 8.13. The van der Waals surface area contributed by atoms with Crippen molar-refractivity contribution >= 4 is 11.6 Å². The molecule has 1 aromatic rings. The number of hydrogen-bond acceptors (Lipinski definition) is 1. The predicted molar refractivity (Wildman–Crippen MR) is 89.6 cm³/mol. The highest BCUT2D eigenvalue weighted by Crippen LogP contribution is 2.54.